The van der Waals surface area contributed by atoms with Crippen LogP contribution in [-0.2, 0) is 4.74 Å². The fourth-order valence-electron chi connectivity index (χ4n) is 0.745. The van der Waals surface area contributed by atoms with E-state index < -0.39 is 0 Å². The van der Waals surface area contributed by atoms with Crippen molar-refractivity contribution >= 4 is 11.6 Å². The van der Waals surface area contributed by atoms with E-state index in [0.29, 0.717) is 19.1 Å². The fraction of sp³-hybridized carbons (Fsp3) is 1.00. The van der Waals surface area contributed by atoms with Gasteiger partial charge in [0, 0.05) is 32.2 Å². The summed E-state index contributed by atoms with van der Waals surface area (Å²) in [4.78, 5) is 2.12. The molecule has 0 saturated heterocycles. The Morgan fingerprint density at radius 2 is 2.08 bits per heavy atom. The molecule has 0 amide bonds. The molecule has 1 N–H and O–H groups in total. The molecule has 3 nitrogen and oxygen atoms in total. The van der Waals surface area contributed by atoms with Gasteiger partial charge in [0.15, 0.2) is 0 Å². The fourth-order valence-corrected chi connectivity index (χ4v) is 1.03. The second-order valence-corrected chi connectivity index (χ2v) is 3.06. The van der Waals surface area contributed by atoms with Gasteiger partial charge in [-0.05, 0) is 13.5 Å². The summed E-state index contributed by atoms with van der Waals surface area (Å²) in [5.74, 6) is 0.660. The van der Waals surface area contributed by atoms with Crippen molar-refractivity contribution in [3.8, 4) is 0 Å². The third-order valence-electron chi connectivity index (χ3n) is 1.53. The van der Waals surface area contributed by atoms with Crippen molar-refractivity contribution in [3.63, 3.8) is 0 Å². The number of nitrogens with zero attached hydrogens (tertiary/aromatic N) is 1. The molecule has 0 aliphatic rings. The third kappa shape index (κ3) is 8.27. The maximum Gasteiger partial charge on any atom is 0.0593 e. The Balaban J connectivity index is 2.97. The van der Waals surface area contributed by atoms with Gasteiger partial charge in [-0.3, -0.25) is 0 Å². The summed E-state index contributed by atoms with van der Waals surface area (Å²) in [5.41, 5.74) is 0. The molecule has 0 fully saturated rings. The molecule has 0 radical (unpaired) electrons. The van der Waals surface area contributed by atoms with Crippen molar-refractivity contribution in [1.82, 2.24) is 4.90 Å². The zero-order valence-corrected chi connectivity index (χ0v) is 8.39. The van der Waals surface area contributed by atoms with E-state index in [1.165, 1.54) is 0 Å². The van der Waals surface area contributed by atoms with E-state index in [1.807, 2.05) is 7.05 Å². The summed E-state index contributed by atoms with van der Waals surface area (Å²) >= 11 is 5.54. The lowest BCUT2D eigenvalue weighted by atomic mass is 10.5. The first-order valence-electron chi connectivity index (χ1n) is 4.24. The molecule has 0 saturated carbocycles. The standard InChI is InChI=1S/C8H18ClNO2/c1-10(4-3-9)5-8-12-7-2-6-11/h11H,2-8H2,1H3. The van der Waals surface area contributed by atoms with Crippen molar-refractivity contribution in [3.05, 3.63) is 0 Å². The second-order valence-electron chi connectivity index (χ2n) is 2.68. The highest BCUT2D eigenvalue weighted by molar-refractivity contribution is 6.18. The smallest absolute Gasteiger partial charge is 0.0593 e. The summed E-state index contributed by atoms with van der Waals surface area (Å²) in [6.45, 7) is 3.36. The number of hydrogen-bond donors (Lipinski definition) is 1. The number of rotatable bonds is 8. The van der Waals surface area contributed by atoms with Crippen molar-refractivity contribution in [1.29, 1.82) is 0 Å². The lowest BCUT2D eigenvalue weighted by Crippen LogP contribution is -2.25. The molecule has 0 aromatic carbocycles. The van der Waals surface area contributed by atoms with Crippen molar-refractivity contribution in [2.24, 2.45) is 0 Å². The Morgan fingerprint density at radius 1 is 1.33 bits per heavy atom. The van der Waals surface area contributed by atoms with Crippen LogP contribution in [0.4, 0.5) is 0 Å². The molecule has 74 valence electrons. The van der Waals surface area contributed by atoms with E-state index in [0.717, 1.165) is 19.5 Å². The number of likely N-dealkylation sites (N-methyl/N-ethyl adjacent to an activating group) is 1. The van der Waals surface area contributed by atoms with Crippen LogP contribution in [0.1, 0.15) is 6.42 Å². The Bertz CT molecular complexity index is 93.1. The van der Waals surface area contributed by atoms with Gasteiger partial charge in [-0.1, -0.05) is 0 Å². The minimum atomic E-state index is 0.206. The van der Waals surface area contributed by atoms with Crippen LogP contribution < -0.4 is 0 Å². The number of aliphatic hydroxyl groups excluding tert-OH is 1. The lowest BCUT2D eigenvalue weighted by Gasteiger charge is -2.14. The maximum absolute atomic E-state index is 8.45. The molecule has 12 heavy (non-hydrogen) atoms. The molecule has 0 aliphatic heterocycles. The molecule has 0 spiro atoms. The molecule has 0 unspecified atom stereocenters. The number of halogens is 1. The minimum Gasteiger partial charge on any atom is -0.396 e. The van der Waals surface area contributed by atoms with E-state index >= 15 is 0 Å². The maximum atomic E-state index is 8.45. The van der Waals surface area contributed by atoms with Gasteiger partial charge in [0.05, 0.1) is 6.61 Å². The SMILES string of the molecule is CN(CCCl)CCOCCCO. The van der Waals surface area contributed by atoms with Gasteiger partial charge >= 0.3 is 0 Å². The Kier molecular flexibility index (Phi) is 9.39. The molecule has 0 atom stereocenters. The quantitative estimate of drug-likeness (QED) is 0.454. The lowest BCUT2D eigenvalue weighted by molar-refractivity contribution is 0.0992. The largest absolute Gasteiger partial charge is 0.396 e. The highest BCUT2D eigenvalue weighted by Crippen LogP contribution is 1.86. The molecule has 0 heterocycles. The van der Waals surface area contributed by atoms with Crippen molar-refractivity contribution < 1.29 is 9.84 Å². The van der Waals surface area contributed by atoms with Crippen LogP contribution in [0.3, 0.4) is 0 Å². The van der Waals surface area contributed by atoms with Crippen LogP contribution in [0.15, 0.2) is 0 Å². The Labute approximate surface area is 79.3 Å². The highest BCUT2D eigenvalue weighted by Gasteiger charge is 1.95. The molecular weight excluding hydrogens is 178 g/mol. The van der Waals surface area contributed by atoms with Gasteiger partial charge in [-0.25, -0.2) is 0 Å². The van der Waals surface area contributed by atoms with E-state index in [-0.39, 0.29) is 6.61 Å². The zero-order valence-electron chi connectivity index (χ0n) is 7.63. The van der Waals surface area contributed by atoms with Gasteiger partial charge in [0.1, 0.15) is 0 Å². The van der Waals surface area contributed by atoms with Gasteiger partial charge in [-0.2, -0.15) is 0 Å². The normalized spacial score (nSPS) is 11.0. The predicted molar refractivity (Wildman–Crippen MR) is 50.7 cm³/mol. The first-order chi connectivity index (χ1) is 5.81. The van der Waals surface area contributed by atoms with Crippen molar-refractivity contribution in [2.45, 2.75) is 6.42 Å². The highest BCUT2D eigenvalue weighted by atomic mass is 35.5. The average Bonchev–Trinajstić information content (AvgIpc) is 2.05. The zero-order chi connectivity index (χ0) is 9.23. The molecule has 4 heteroatoms. The van der Waals surface area contributed by atoms with Crippen LogP contribution in [0.2, 0.25) is 0 Å². The van der Waals surface area contributed by atoms with Gasteiger partial charge in [0.25, 0.3) is 0 Å². The van der Waals surface area contributed by atoms with Gasteiger partial charge in [-0.15, -0.1) is 11.6 Å². The second kappa shape index (κ2) is 9.26. The van der Waals surface area contributed by atoms with E-state index in [2.05, 4.69) is 4.90 Å². The van der Waals surface area contributed by atoms with Crippen LogP contribution in [0, 0.1) is 0 Å². The van der Waals surface area contributed by atoms with Crippen LogP contribution in [0.5, 0.6) is 0 Å². The monoisotopic (exact) mass is 195 g/mol. The first-order valence-corrected chi connectivity index (χ1v) is 4.78. The summed E-state index contributed by atoms with van der Waals surface area (Å²) < 4.78 is 5.25. The van der Waals surface area contributed by atoms with Gasteiger partial charge < -0.3 is 14.7 Å². The van der Waals surface area contributed by atoms with E-state index in [9.17, 15) is 0 Å². The Hall–Kier alpha value is 0.170. The number of alkyl halides is 1. The summed E-state index contributed by atoms with van der Waals surface area (Å²) in [6.07, 6.45) is 0.721. The first kappa shape index (κ1) is 12.2. The topological polar surface area (TPSA) is 32.7 Å². The predicted octanol–water partition coefficient (Wildman–Crippen LogP) is 0.556. The van der Waals surface area contributed by atoms with Crippen LogP contribution in [-0.4, -0.2) is 55.8 Å². The molecule has 0 aromatic heterocycles. The van der Waals surface area contributed by atoms with Crippen molar-refractivity contribution in [2.75, 3.05) is 45.8 Å². The molecule has 0 rings (SSSR count). The van der Waals surface area contributed by atoms with Crippen LogP contribution >= 0.6 is 11.6 Å². The van der Waals surface area contributed by atoms with Crippen LogP contribution in [0.25, 0.3) is 0 Å². The van der Waals surface area contributed by atoms with E-state index in [1.54, 1.807) is 0 Å². The molecular formula is C8H18ClNO2. The molecule has 0 bridgehead atoms. The minimum absolute atomic E-state index is 0.206. The summed E-state index contributed by atoms with van der Waals surface area (Å²) in [6, 6.07) is 0. The number of aliphatic hydroxyl groups is 1. The average molecular weight is 196 g/mol. The van der Waals surface area contributed by atoms with Gasteiger partial charge in [0.2, 0.25) is 0 Å². The summed E-state index contributed by atoms with van der Waals surface area (Å²) in [7, 11) is 2.01. The third-order valence-corrected chi connectivity index (χ3v) is 1.70. The summed E-state index contributed by atoms with van der Waals surface area (Å²) in [5, 5.41) is 8.45. The van der Waals surface area contributed by atoms with E-state index in [4.69, 9.17) is 21.4 Å². The molecule has 0 aromatic rings. The number of hydrogen-bond acceptors (Lipinski definition) is 3. The molecule has 0 aliphatic carbocycles. The number of ether oxygens (including phenoxy) is 1. The Morgan fingerprint density at radius 3 is 2.67 bits per heavy atom.